The fourth-order valence-corrected chi connectivity index (χ4v) is 4.05. The number of para-hydroxylation sites is 2. The Morgan fingerprint density at radius 3 is 2.06 bits per heavy atom. The second-order valence-corrected chi connectivity index (χ2v) is 7.78. The highest BCUT2D eigenvalue weighted by Crippen LogP contribution is 2.36. The predicted molar refractivity (Wildman–Crippen MR) is 126 cm³/mol. The van der Waals surface area contributed by atoms with Gasteiger partial charge in [0.05, 0.1) is 11.6 Å². The lowest BCUT2D eigenvalue weighted by molar-refractivity contribution is 0.464. The van der Waals surface area contributed by atoms with Gasteiger partial charge in [-0.25, -0.2) is 4.68 Å². The Labute approximate surface area is 182 Å². The number of anilines is 1. The lowest BCUT2D eigenvalue weighted by Crippen LogP contribution is -2.26. The molecule has 2 atom stereocenters. The predicted octanol–water partition coefficient (Wildman–Crippen LogP) is 6.18. The Hall–Kier alpha value is -3.92. The summed E-state index contributed by atoms with van der Waals surface area (Å²) in [5.41, 5.74) is 6.58. The standard InChI is InChI=1S/C27H24N4/c1-20-16-18-22(19-17-20)27(31-25-15-9-8-14-24(25)29-30-31)26(21-10-4-2-5-11-21)28-23-12-6-3-7-13-23/h2-19,26-28H,1H3. The molecule has 1 aromatic heterocycles. The zero-order chi connectivity index (χ0) is 21.0. The number of hydrogen-bond acceptors (Lipinski definition) is 3. The first-order valence-electron chi connectivity index (χ1n) is 10.5. The third kappa shape index (κ3) is 3.92. The molecule has 5 rings (SSSR count). The van der Waals surface area contributed by atoms with Crippen LogP contribution < -0.4 is 5.32 Å². The topological polar surface area (TPSA) is 42.7 Å². The third-order valence-corrected chi connectivity index (χ3v) is 5.63. The van der Waals surface area contributed by atoms with Gasteiger partial charge in [-0.05, 0) is 42.3 Å². The van der Waals surface area contributed by atoms with E-state index in [9.17, 15) is 0 Å². The SMILES string of the molecule is Cc1ccc(C(C(Nc2ccccc2)c2ccccc2)n2nnc3ccccc32)cc1. The molecule has 4 aromatic carbocycles. The van der Waals surface area contributed by atoms with Crippen molar-refractivity contribution in [3.63, 3.8) is 0 Å². The molecule has 0 saturated carbocycles. The lowest BCUT2D eigenvalue weighted by atomic mass is 9.92. The molecule has 1 N–H and O–H groups in total. The Kier molecular flexibility index (Phi) is 5.19. The highest BCUT2D eigenvalue weighted by molar-refractivity contribution is 5.74. The van der Waals surface area contributed by atoms with Crippen LogP contribution in [0.4, 0.5) is 5.69 Å². The highest BCUT2D eigenvalue weighted by Gasteiger charge is 2.29. The zero-order valence-corrected chi connectivity index (χ0v) is 17.4. The van der Waals surface area contributed by atoms with Crippen LogP contribution >= 0.6 is 0 Å². The minimum absolute atomic E-state index is 0.0450. The zero-order valence-electron chi connectivity index (χ0n) is 17.4. The fourth-order valence-electron chi connectivity index (χ4n) is 4.05. The molecule has 4 nitrogen and oxygen atoms in total. The number of fused-ring (bicyclic) bond motifs is 1. The molecule has 31 heavy (non-hydrogen) atoms. The molecule has 4 heteroatoms. The summed E-state index contributed by atoms with van der Waals surface area (Å²) in [5.74, 6) is 0. The van der Waals surface area contributed by atoms with Crippen LogP contribution in [0.25, 0.3) is 11.0 Å². The van der Waals surface area contributed by atoms with Gasteiger partial charge in [0.2, 0.25) is 0 Å². The highest BCUT2D eigenvalue weighted by atomic mass is 15.4. The first-order chi connectivity index (χ1) is 15.3. The number of benzene rings is 4. The largest absolute Gasteiger partial charge is 0.376 e. The molecular formula is C27H24N4. The Morgan fingerprint density at radius 2 is 1.32 bits per heavy atom. The number of nitrogens with one attached hydrogen (secondary N) is 1. The maximum absolute atomic E-state index is 4.61. The summed E-state index contributed by atoms with van der Waals surface area (Å²) in [7, 11) is 0. The molecule has 2 unspecified atom stereocenters. The summed E-state index contributed by atoms with van der Waals surface area (Å²) in [4.78, 5) is 0. The first-order valence-corrected chi connectivity index (χ1v) is 10.5. The maximum Gasteiger partial charge on any atom is 0.113 e. The molecule has 0 spiro atoms. The number of aryl methyl sites for hydroxylation is 1. The summed E-state index contributed by atoms with van der Waals surface area (Å²) in [6.07, 6.45) is 0. The van der Waals surface area contributed by atoms with Crippen molar-refractivity contribution < 1.29 is 0 Å². The number of nitrogens with zero attached hydrogens (tertiary/aromatic N) is 3. The van der Waals surface area contributed by atoms with Crippen molar-refractivity contribution in [2.75, 3.05) is 5.32 Å². The van der Waals surface area contributed by atoms with Gasteiger partial charge in [0.25, 0.3) is 0 Å². The molecule has 0 aliphatic heterocycles. The van der Waals surface area contributed by atoms with Gasteiger partial charge in [-0.15, -0.1) is 5.10 Å². The molecule has 0 radical (unpaired) electrons. The van der Waals surface area contributed by atoms with Crippen LogP contribution in [0.3, 0.4) is 0 Å². The van der Waals surface area contributed by atoms with Crippen LogP contribution in [0.5, 0.6) is 0 Å². The van der Waals surface area contributed by atoms with E-state index in [-0.39, 0.29) is 12.1 Å². The van der Waals surface area contributed by atoms with Crippen molar-refractivity contribution in [1.29, 1.82) is 0 Å². The van der Waals surface area contributed by atoms with Gasteiger partial charge in [0.1, 0.15) is 11.6 Å². The maximum atomic E-state index is 4.61. The van der Waals surface area contributed by atoms with Crippen LogP contribution in [-0.4, -0.2) is 15.0 Å². The summed E-state index contributed by atoms with van der Waals surface area (Å²) in [6.45, 7) is 2.11. The second-order valence-electron chi connectivity index (χ2n) is 7.78. The lowest BCUT2D eigenvalue weighted by Gasteiger charge is -2.30. The van der Waals surface area contributed by atoms with E-state index in [1.165, 1.54) is 16.7 Å². The van der Waals surface area contributed by atoms with E-state index < -0.39 is 0 Å². The smallest absolute Gasteiger partial charge is 0.113 e. The number of aromatic nitrogens is 3. The summed E-state index contributed by atoms with van der Waals surface area (Å²) in [5, 5.41) is 12.8. The molecule has 0 aliphatic rings. The van der Waals surface area contributed by atoms with E-state index in [0.717, 1.165) is 16.7 Å². The molecule has 0 amide bonds. The molecular weight excluding hydrogens is 380 g/mol. The second kappa shape index (κ2) is 8.44. The average Bonchev–Trinajstić information content (AvgIpc) is 3.25. The molecule has 152 valence electrons. The van der Waals surface area contributed by atoms with Crippen molar-refractivity contribution in [3.8, 4) is 0 Å². The van der Waals surface area contributed by atoms with E-state index in [2.05, 4.69) is 107 Å². The van der Waals surface area contributed by atoms with Crippen molar-refractivity contribution in [3.05, 3.63) is 126 Å². The average molecular weight is 405 g/mol. The van der Waals surface area contributed by atoms with Crippen LogP contribution in [0.2, 0.25) is 0 Å². The summed E-state index contributed by atoms with van der Waals surface area (Å²) >= 11 is 0. The Bertz CT molecular complexity index is 1260. The van der Waals surface area contributed by atoms with Gasteiger partial charge >= 0.3 is 0 Å². The molecule has 5 aromatic rings. The van der Waals surface area contributed by atoms with E-state index in [0.29, 0.717) is 0 Å². The Morgan fingerprint density at radius 1 is 0.677 bits per heavy atom. The summed E-state index contributed by atoms with van der Waals surface area (Å²) in [6, 6.07) is 37.6. The monoisotopic (exact) mass is 404 g/mol. The van der Waals surface area contributed by atoms with E-state index in [1.807, 2.05) is 28.9 Å². The normalized spacial score (nSPS) is 13.1. The van der Waals surface area contributed by atoms with Crippen molar-refractivity contribution in [1.82, 2.24) is 15.0 Å². The van der Waals surface area contributed by atoms with Crippen molar-refractivity contribution in [2.45, 2.75) is 19.0 Å². The quantitative estimate of drug-likeness (QED) is 0.367. The van der Waals surface area contributed by atoms with Gasteiger partial charge in [-0.2, -0.15) is 0 Å². The van der Waals surface area contributed by atoms with Gasteiger partial charge in [-0.1, -0.05) is 95.7 Å². The van der Waals surface area contributed by atoms with Crippen molar-refractivity contribution >= 4 is 16.7 Å². The van der Waals surface area contributed by atoms with Crippen LogP contribution in [-0.2, 0) is 0 Å². The van der Waals surface area contributed by atoms with Crippen LogP contribution in [0, 0.1) is 6.92 Å². The number of hydrogen-bond donors (Lipinski definition) is 1. The van der Waals surface area contributed by atoms with Gasteiger partial charge in [0, 0.05) is 5.69 Å². The first kappa shape index (κ1) is 19.1. The van der Waals surface area contributed by atoms with E-state index >= 15 is 0 Å². The minimum Gasteiger partial charge on any atom is -0.376 e. The molecule has 1 heterocycles. The van der Waals surface area contributed by atoms with Crippen molar-refractivity contribution in [2.24, 2.45) is 0 Å². The third-order valence-electron chi connectivity index (χ3n) is 5.63. The molecule has 0 aliphatic carbocycles. The minimum atomic E-state index is -0.0874. The van der Waals surface area contributed by atoms with Crippen LogP contribution in [0.1, 0.15) is 28.8 Å². The Balaban J connectivity index is 1.70. The molecule has 0 bridgehead atoms. The van der Waals surface area contributed by atoms with Gasteiger partial charge < -0.3 is 5.32 Å². The fraction of sp³-hybridized carbons (Fsp3) is 0.111. The van der Waals surface area contributed by atoms with Gasteiger partial charge in [-0.3, -0.25) is 0 Å². The molecule has 0 saturated heterocycles. The van der Waals surface area contributed by atoms with Gasteiger partial charge in [0.15, 0.2) is 0 Å². The number of rotatable bonds is 6. The van der Waals surface area contributed by atoms with Crippen LogP contribution in [0.15, 0.2) is 109 Å². The molecule has 0 fully saturated rings. The summed E-state index contributed by atoms with van der Waals surface area (Å²) < 4.78 is 2.05. The van der Waals surface area contributed by atoms with E-state index in [4.69, 9.17) is 0 Å². The van der Waals surface area contributed by atoms with E-state index in [1.54, 1.807) is 0 Å².